The molecule has 0 aromatic heterocycles. The number of rotatable bonds is 7. The lowest BCUT2D eigenvalue weighted by Crippen LogP contribution is -2.33. The summed E-state index contributed by atoms with van der Waals surface area (Å²) in [4.78, 5) is 25.2. The van der Waals surface area contributed by atoms with Gasteiger partial charge in [-0.1, -0.05) is 12.1 Å². The van der Waals surface area contributed by atoms with Gasteiger partial charge in [-0.15, -0.1) is 0 Å². The molecule has 2 aromatic rings. The van der Waals surface area contributed by atoms with Gasteiger partial charge in [0.2, 0.25) is 21.8 Å². The molecule has 0 saturated carbocycles. The second kappa shape index (κ2) is 9.53. The number of sulfonamides is 1. The van der Waals surface area contributed by atoms with Crippen molar-refractivity contribution >= 4 is 39.3 Å². The van der Waals surface area contributed by atoms with Crippen LogP contribution in [0.4, 0.5) is 24.5 Å². The van der Waals surface area contributed by atoms with Gasteiger partial charge in [0, 0.05) is 30.4 Å². The minimum atomic E-state index is -4.67. The van der Waals surface area contributed by atoms with Gasteiger partial charge in [0.05, 0.1) is 4.90 Å². The first-order valence-corrected chi connectivity index (χ1v) is 11.1. The molecule has 0 radical (unpaired) electrons. The van der Waals surface area contributed by atoms with Crippen LogP contribution in [0.2, 0.25) is 0 Å². The summed E-state index contributed by atoms with van der Waals surface area (Å²) in [6.45, 7) is -0.983. The number of carbonyl (C=O) groups excluding carboxylic acids is 2. The van der Waals surface area contributed by atoms with Crippen LogP contribution in [0.25, 0.3) is 6.08 Å². The molecule has 2 N–H and O–H groups in total. The van der Waals surface area contributed by atoms with Crippen LogP contribution >= 0.6 is 0 Å². The normalized spacial score (nSPS) is 14.8. The van der Waals surface area contributed by atoms with Gasteiger partial charge in [0.15, 0.2) is 0 Å². The summed E-state index contributed by atoms with van der Waals surface area (Å²) in [5.41, 5.74) is 1.82. The van der Waals surface area contributed by atoms with Crippen LogP contribution in [0.5, 0.6) is 0 Å². The molecule has 11 heteroatoms. The van der Waals surface area contributed by atoms with Gasteiger partial charge in [-0.25, -0.2) is 13.1 Å². The molecule has 1 heterocycles. The van der Waals surface area contributed by atoms with Crippen LogP contribution in [0.3, 0.4) is 0 Å². The predicted octanol–water partition coefficient (Wildman–Crippen LogP) is 3.31. The molecule has 0 bridgehead atoms. The van der Waals surface area contributed by atoms with Gasteiger partial charge in [-0.3, -0.25) is 9.59 Å². The monoisotopic (exact) mass is 467 g/mol. The molecule has 2 amide bonds. The Morgan fingerprint density at radius 3 is 2.28 bits per heavy atom. The summed E-state index contributed by atoms with van der Waals surface area (Å²) in [6, 6.07) is 11.9. The maximum absolute atomic E-state index is 12.2. The van der Waals surface area contributed by atoms with E-state index in [0.29, 0.717) is 13.0 Å². The SMILES string of the molecule is O=C(/C=C/c1ccc(N2CCCC2=O)cc1)Nc1ccc(S(=O)(=O)NCC(F)(F)F)cc1. The van der Waals surface area contributed by atoms with E-state index in [0.717, 1.165) is 29.8 Å². The Bertz CT molecular complexity index is 1110. The first-order valence-electron chi connectivity index (χ1n) is 9.59. The molecule has 7 nitrogen and oxygen atoms in total. The minimum Gasteiger partial charge on any atom is -0.323 e. The number of hydrogen-bond acceptors (Lipinski definition) is 4. The summed E-state index contributed by atoms with van der Waals surface area (Å²) in [5, 5.41) is 2.54. The third-order valence-electron chi connectivity index (χ3n) is 4.60. The van der Waals surface area contributed by atoms with Crippen molar-refractivity contribution in [1.82, 2.24) is 4.72 Å². The minimum absolute atomic E-state index is 0.0858. The number of amides is 2. The highest BCUT2D eigenvalue weighted by Crippen LogP contribution is 2.22. The number of nitrogens with zero attached hydrogens (tertiary/aromatic N) is 1. The molecule has 0 spiro atoms. The molecule has 0 atom stereocenters. The highest BCUT2D eigenvalue weighted by Gasteiger charge is 2.30. The average molecular weight is 467 g/mol. The van der Waals surface area contributed by atoms with Crippen LogP contribution in [-0.2, 0) is 19.6 Å². The Hall–Kier alpha value is -3.18. The molecular formula is C21H20F3N3O4S. The van der Waals surface area contributed by atoms with Crippen LogP contribution < -0.4 is 14.9 Å². The Kier molecular flexibility index (Phi) is 6.99. The topological polar surface area (TPSA) is 95.6 Å². The Morgan fingerprint density at radius 1 is 1.06 bits per heavy atom. The largest absolute Gasteiger partial charge is 0.402 e. The maximum Gasteiger partial charge on any atom is 0.402 e. The molecule has 2 aromatic carbocycles. The van der Waals surface area contributed by atoms with Gasteiger partial charge in [-0.05, 0) is 54.5 Å². The van der Waals surface area contributed by atoms with Crippen molar-refractivity contribution in [3.05, 3.63) is 60.2 Å². The van der Waals surface area contributed by atoms with Crippen molar-refractivity contribution in [2.24, 2.45) is 0 Å². The van der Waals surface area contributed by atoms with E-state index in [1.165, 1.54) is 22.9 Å². The van der Waals surface area contributed by atoms with E-state index < -0.39 is 28.7 Å². The van der Waals surface area contributed by atoms with E-state index in [9.17, 15) is 31.2 Å². The smallest absolute Gasteiger partial charge is 0.323 e. The van der Waals surface area contributed by atoms with E-state index in [4.69, 9.17) is 0 Å². The lowest BCUT2D eigenvalue weighted by atomic mass is 10.2. The highest BCUT2D eigenvalue weighted by molar-refractivity contribution is 7.89. The summed E-state index contributed by atoms with van der Waals surface area (Å²) >= 11 is 0. The van der Waals surface area contributed by atoms with E-state index >= 15 is 0 Å². The van der Waals surface area contributed by atoms with Crippen molar-refractivity contribution in [2.45, 2.75) is 23.9 Å². The first kappa shape index (κ1) is 23.5. The maximum atomic E-state index is 12.2. The Labute approximate surface area is 183 Å². The molecule has 32 heavy (non-hydrogen) atoms. The lowest BCUT2D eigenvalue weighted by molar-refractivity contribution is -0.121. The number of nitrogens with one attached hydrogen (secondary N) is 2. The number of alkyl halides is 3. The molecule has 3 rings (SSSR count). The fraction of sp³-hybridized carbons (Fsp3) is 0.238. The number of halogens is 3. The highest BCUT2D eigenvalue weighted by atomic mass is 32.2. The summed E-state index contributed by atoms with van der Waals surface area (Å²) in [7, 11) is -4.32. The zero-order chi connectivity index (χ0) is 23.4. The average Bonchev–Trinajstić information content (AvgIpc) is 3.17. The van der Waals surface area contributed by atoms with Gasteiger partial charge in [-0.2, -0.15) is 13.2 Å². The summed E-state index contributed by atoms with van der Waals surface area (Å²) < 4.78 is 61.8. The number of benzene rings is 2. The molecule has 170 valence electrons. The second-order valence-electron chi connectivity index (χ2n) is 7.03. The van der Waals surface area contributed by atoms with Crippen LogP contribution in [0.1, 0.15) is 18.4 Å². The molecule has 0 unspecified atom stereocenters. The van der Waals surface area contributed by atoms with Crippen LogP contribution in [0.15, 0.2) is 59.5 Å². The van der Waals surface area contributed by atoms with E-state index in [1.807, 2.05) is 0 Å². The van der Waals surface area contributed by atoms with Crippen molar-refractivity contribution < 1.29 is 31.2 Å². The number of hydrogen-bond donors (Lipinski definition) is 2. The molecule has 0 aliphatic carbocycles. The van der Waals surface area contributed by atoms with E-state index in [-0.39, 0.29) is 16.5 Å². The Balaban J connectivity index is 1.56. The van der Waals surface area contributed by atoms with Crippen molar-refractivity contribution in [3.8, 4) is 0 Å². The van der Waals surface area contributed by atoms with Crippen molar-refractivity contribution in [2.75, 3.05) is 23.3 Å². The third kappa shape index (κ3) is 6.41. The first-order chi connectivity index (χ1) is 15.0. The fourth-order valence-corrected chi connectivity index (χ4v) is 4.03. The van der Waals surface area contributed by atoms with Gasteiger partial charge in [0.1, 0.15) is 6.54 Å². The molecule has 1 saturated heterocycles. The van der Waals surface area contributed by atoms with Crippen LogP contribution in [-0.4, -0.2) is 39.5 Å². The third-order valence-corrected chi connectivity index (χ3v) is 6.02. The van der Waals surface area contributed by atoms with Gasteiger partial charge >= 0.3 is 6.18 Å². The molecular weight excluding hydrogens is 447 g/mol. The molecule has 1 aliphatic heterocycles. The van der Waals surface area contributed by atoms with Gasteiger partial charge < -0.3 is 10.2 Å². The fourth-order valence-electron chi connectivity index (χ4n) is 3.02. The van der Waals surface area contributed by atoms with Crippen molar-refractivity contribution in [3.63, 3.8) is 0 Å². The quantitative estimate of drug-likeness (QED) is 0.611. The van der Waals surface area contributed by atoms with Crippen LogP contribution in [0, 0.1) is 0 Å². The summed E-state index contributed by atoms with van der Waals surface area (Å²) in [6.07, 6.45) is -0.438. The predicted molar refractivity (Wildman–Crippen MR) is 113 cm³/mol. The second-order valence-corrected chi connectivity index (χ2v) is 8.79. The molecule has 1 fully saturated rings. The van der Waals surface area contributed by atoms with Gasteiger partial charge in [0.25, 0.3) is 0 Å². The molecule has 1 aliphatic rings. The van der Waals surface area contributed by atoms with Crippen molar-refractivity contribution in [1.29, 1.82) is 0 Å². The number of anilines is 2. The zero-order valence-electron chi connectivity index (χ0n) is 16.7. The van der Waals surface area contributed by atoms with E-state index in [1.54, 1.807) is 35.2 Å². The standard InChI is InChI=1S/C21H20F3N3O4S/c22-21(23,24)14-25-32(30,31)18-10-6-16(7-11-18)26-19(28)12-5-15-3-8-17(9-4-15)27-13-1-2-20(27)29/h3-12,25H,1-2,13-14H2,(H,26,28)/b12-5+. The summed E-state index contributed by atoms with van der Waals surface area (Å²) in [5.74, 6) is -0.391. The number of carbonyl (C=O) groups is 2. The Morgan fingerprint density at radius 2 is 1.72 bits per heavy atom. The lowest BCUT2D eigenvalue weighted by Gasteiger charge is -2.15. The zero-order valence-corrected chi connectivity index (χ0v) is 17.5. The van der Waals surface area contributed by atoms with E-state index in [2.05, 4.69) is 5.32 Å².